The van der Waals surface area contributed by atoms with Gasteiger partial charge in [0.25, 0.3) is 0 Å². The van der Waals surface area contributed by atoms with Crippen molar-refractivity contribution < 1.29 is 14.3 Å². The van der Waals surface area contributed by atoms with E-state index in [4.69, 9.17) is 9.47 Å². The Morgan fingerprint density at radius 1 is 1.43 bits per heavy atom. The maximum atomic E-state index is 10.8. The average molecular weight is 194 g/mol. The molecule has 0 aliphatic carbocycles. The van der Waals surface area contributed by atoms with Gasteiger partial charge in [0.05, 0.1) is 5.56 Å². The largest absolute Gasteiger partial charge is 0.467 e. The molecule has 1 rings (SSSR count). The Morgan fingerprint density at radius 3 is 2.79 bits per heavy atom. The number of carbonyl (C=O) groups is 1. The number of hydrogen-bond acceptors (Lipinski definition) is 3. The summed E-state index contributed by atoms with van der Waals surface area (Å²) in [6.45, 7) is 2.16. The first kappa shape index (κ1) is 10.7. The number of benzene rings is 1. The van der Waals surface area contributed by atoms with E-state index in [0.29, 0.717) is 11.3 Å². The fourth-order valence-corrected chi connectivity index (χ4v) is 1.28. The molecule has 0 fully saturated rings. The van der Waals surface area contributed by atoms with E-state index < -0.39 is 0 Å². The van der Waals surface area contributed by atoms with E-state index in [1.54, 1.807) is 13.2 Å². The van der Waals surface area contributed by atoms with Gasteiger partial charge in [-0.3, -0.25) is 4.79 Å². The molecule has 0 aromatic heterocycles. The summed E-state index contributed by atoms with van der Waals surface area (Å²) in [6.07, 6.45) is 1.64. The van der Waals surface area contributed by atoms with Gasteiger partial charge in [-0.25, -0.2) is 0 Å². The highest BCUT2D eigenvalue weighted by Crippen LogP contribution is 2.20. The topological polar surface area (TPSA) is 35.5 Å². The summed E-state index contributed by atoms with van der Waals surface area (Å²) >= 11 is 0. The van der Waals surface area contributed by atoms with Crippen LogP contribution >= 0.6 is 0 Å². The first-order valence-electron chi connectivity index (χ1n) is 4.52. The monoisotopic (exact) mass is 194 g/mol. The molecule has 0 saturated heterocycles. The molecule has 1 aromatic rings. The van der Waals surface area contributed by atoms with Gasteiger partial charge in [-0.05, 0) is 18.1 Å². The Labute approximate surface area is 83.6 Å². The number of hydrogen-bond donors (Lipinski definition) is 0. The number of methoxy groups -OCH3 is 1. The lowest BCUT2D eigenvalue weighted by Gasteiger charge is -2.09. The second-order valence-electron chi connectivity index (χ2n) is 2.85. The second kappa shape index (κ2) is 5.40. The lowest BCUT2D eigenvalue weighted by Crippen LogP contribution is -2.03. The third-order valence-electron chi connectivity index (χ3n) is 1.99. The third-order valence-corrected chi connectivity index (χ3v) is 1.99. The van der Waals surface area contributed by atoms with Crippen molar-refractivity contribution >= 4 is 6.29 Å². The van der Waals surface area contributed by atoms with Crippen molar-refractivity contribution in [3.05, 3.63) is 29.3 Å². The van der Waals surface area contributed by atoms with E-state index in [1.165, 1.54) is 0 Å². The number of aldehydes is 1. The van der Waals surface area contributed by atoms with Crippen molar-refractivity contribution in [3.8, 4) is 5.75 Å². The molecular weight excluding hydrogens is 180 g/mol. The summed E-state index contributed by atoms with van der Waals surface area (Å²) in [6, 6.07) is 5.56. The number of ether oxygens (including phenoxy) is 2. The molecule has 0 atom stereocenters. The van der Waals surface area contributed by atoms with E-state index in [-0.39, 0.29) is 6.79 Å². The van der Waals surface area contributed by atoms with Gasteiger partial charge in [0, 0.05) is 7.11 Å². The van der Waals surface area contributed by atoms with E-state index in [9.17, 15) is 4.79 Å². The molecule has 0 unspecified atom stereocenters. The highest BCUT2D eigenvalue weighted by atomic mass is 16.7. The van der Waals surface area contributed by atoms with Crippen molar-refractivity contribution in [2.75, 3.05) is 13.9 Å². The molecule has 0 aliphatic rings. The van der Waals surface area contributed by atoms with Crippen molar-refractivity contribution in [2.45, 2.75) is 13.3 Å². The van der Waals surface area contributed by atoms with E-state index in [1.807, 2.05) is 19.1 Å². The highest BCUT2D eigenvalue weighted by Gasteiger charge is 2.06. The van der Waals surface area contributed by atoms with Gasteiger partial charge in [-0.2, -0.15) is 0 Å². The van der Waals surface area contributed by atoms with E-state index >= 15 is 0 Å². The van der Waals surface area contributed by atoms with Crippen LogP contribution in [0.15, 0.2) is 18.2 Å². The van der Waals surface area contributed by atoms with Gasteiger partial charge < -0.3 is 9.47 Å². The number of carbonyl (C=O) groups excluding carboxylic acids is 1. The van der Waals surface area contributed by atoms with Gasteiger partial charge in [-0.15, -0.1) is 0 Å². The predicted molar refractivity (Wildman–Crippen MR) is 53.7 cm³/mol. The molecule has 0 heterocycles. The molecular formula is C11H14O3. The molecule has 0 saturated carbocycles. The summed E-state index contributed by atoms with van der Waals surface area (Å²) < 4.78 is 10.0. The van der Waals surface area contributed by atoms with Crippen molar-refractivity contribution in [2.24, 2.45) is 0 Å². The van der Waals surface area contributed by atoms with Crippen LogP contribution in [0.4, 0.5) is 0 Å². The predicted octanol–water partition coefficient (Wildman–Crippen LogP) is 2.04. The van der Waals surface area contributed by atoms with Gasteiger partial charge in [0.1, 0.15) is 5.75 Å². The van der Waals surface area contributed by atoms with Gasteiger partial charge in [0.15, 0.2) is 13.1 Å². The smallest absolute Gasteiger partial charge is 0.188 e. The molecule has 1 aromatic carbocycles. The summed E-state index contributed by atoms with van der Waals surface area (Å²) in [4.78, 5) is 10.8. The first-order valence-corrected chi connectivity index (χ1v) is 4.52. The molecule has 0 radical (unpaired) electrons. The minimum Gasteiger partial charge on any atom is -0.467 e. The van der Waals surface area contributed by atoms with Crippen LogP contribution in [0.25, 0.3) is 0 Å². The Hall–Kier alpha value is -1.35. The van der Waals surface area contributed by atoms with Gasteiger partial charge >= 0.3 is 0 Å². The zero-order valence-electron chi connectivity index (χ0n) is 8.45. The van der Waals surface area contributed by atoms with Crippen molar-refractivity contribution in [1.82, 2.24) is 0 Å². The molecule has 3 nitrogen and oxygen atoms in total. The SMILES string of the molecule is CCc1cccc(OCOC)c1C=O. The fourth-order valence-electron chi connectivity index (χ4n) is 1.28. The van der Waals surface area contributed by atoms with Gasteiger partial charge in [-0.1, -0.05) is 19.1 Å². The minimum absolute atomic E-state index is 0.161. The van der Waals surface area contributed by atoms with E-state index in [0.717, 1.165) is 18.3 Å². The van der Waals surface area contributed by atoms with Crippen molar-refractivity contribution in [1.29, 1.82) is 0 Å². The van der Waals surface area contributed by atoms with Crippen LogP contribution in [-0.4, -0.2) is 20.2 Å². The van der Waals surface area contributed by atoms with Crippen LogP contribution in [0.3, 0.4) is 0 Å². The lowest BCUT2D eigenvalue weighted by atomic mass is 10.1. The summed E-state index contributed by atoms with van der Waals surface area (Å²) in [5, 5.41) is 0. The normalized spacial score (nSPS) is 9.86. The van der Waals surface area contributed by atoms with E-state index in [2.05, 4.69) is 0 Å². The minimum atomic E-state index is 0.161. The molecule has 0 aliphatic heterocycles. The standard InChI is InChI=1S/C11H14O3/c1-3-9-5-4-6-11(10(9)7-12)14-8-13-2/h4-7H,3,8H2,1-2H3. The molecule has 0 spiro atoms. The van der Waals surface area contributed by atoms with Crippen LogP contribution in [0, 0.1) is 0 Å². The molecule has 0 amide bonds. The summed E-state index contributed by atoms with van der Waals surface area (Å²) in [5.74, 6) is 0.584. The Kier molecular flexibility index (Phi) is 4.13. The third kappa shape index (κ3) is 2.33. The van der Waals surface area contributed by atoms with Crippen LogP contribution < -0.4 is 4.74 Å². The summed E-state index contributed by atoms with van der Waals surface area (Å²) in [7, 11) is 1.55. The maximum absolute atomic E-state index is 10.8. The maximum Gasteiger partial charge on any atom is 0.188 e. The Balaban J connectivity index is 2.96. The Bertz CT molecular complexity index is 307. The lowest BCUT2D eigenvalue weighted by molar-refractivity contribution is 0.0505. The molecule has 76 valence electrons. The molecule has 3 heteroatoms. The molecule has 0 bridgehead atoms. The average Bonchev–Trinajstić information content (AvgIpc) is 2.25. The molecule has 0 N–H and O–H groups in total. The van der Waals surface area contributed by atoms with Crippen LogP contribution in [0.2, 0.25) is 0 Å². The first-order chi connectivity index (χ1) is 6.83. The van der Waals surface area contributed by atoms with Crippen molar-refractivity contribution in [3.63, 3.8) is 0 Å². The highest BCUT2D eigenvalue weighted by molar-refractivity contribution is 5.81. The zero-order valence-corrected chi connectivity index (χ0v) is 8.45. The summed E-state index contributed by atoms with van der Waals surface area (Å²) in [5.41, 5.74) is 1.61. The quantitative estimate of drug-likeness (QED) is 0.531. The van der Waals surface area contributed by atoms with Crippen LogP contribution in [0.5, 0.6) is 5.75 Å². The second-order valence-corrected chi connectivity index (χ2v) is 2.85. The molecule has 14 heavy (non-hydrogen) atoms. The number of aryl methyl sites for hydroxylation is 1. The zero-order chi connectivity index (χ0) is 10.4. The van der Waals surface area contributed by atoms with Crippen LogP contribution in [0.1, 0.15) is 22.8 Å². The Morgan fingerprint density at radius 2 is 2.21 bits per heavy atom. The van der Waals surface area contributed by atoms with Gasteiger partial charge in [0.2, 0.25) is 0 Å². The van der Waals surface area contributed by atoms with Crippen LogP contribution in [-0.2, 0) is 11.2 Å². The fraction of sp³-hybridized carbons (Fsp3) is 0.364. The number of rotatable bonds is 5.